The quantitative estimate of drug-likeness (QED) is 0.626. The van der Waals surface area contributed by atoms with Crippen molar-refractivity contribution in [2.45, 2.75) is 38.1 Å². The standard InChI is InChI=1S/C13H22N6O2/c1-9-10(19(20)21)11(17-12(14)16-9)15-8-13(18(2)3)6-4-5-7-13/h4-8H2,1-3H3,(H3,14,15,16,17). The van der Waals surface area contributed by atoms with Gasteiger partial charge in [0.25, 0.3) is 0 Å². The minimum Gasteiger partial charge on any atom is -0.368 e. The van der Waals surface area contributed by atoms with Crippen LogP contribution in [0.5, 0.6) is 0 Å². The van der Waals surface area contributed by atoms with Gasteiger partial charge in [-0.05, 0) is 33.9 Å². The number of rotatable bonds is 5. The predicted molar refractivity (Wildman–Crippen MR) is 81.2 cm³/mol. The van der Waals surface area contributed by atoms with Gasteiger partial charge < -0.3 is 16.0 Å². The maximum atomic E-state index is 11.2. The van der Waals surface area contributed by atoms with Gasteiger partial charge in [-0.15, -0.1) is 0 Å². The first kappa shape index (κ1) is 15.4. The van der Waals surface area contributed by atoms with Gasteiger partial charge in [0.1, 0.15) is 5.69 Å². The Morgan fingerprint density at radius 2 is 2.00 bits per heavy atom. The van der Waals surface area contributed by atoms with Gasteiger partial charge in [-0.1, -0.05) is 12.8 Å². The molecule has 0 unspecified atom stereocenters. The molecule has 0 spiro atoms. The van der Waals surface area contributed by atoms with Crippen molar-refractivity contribution in [2.24, 2.45) is 0 Å². The van der Waals surface area contributed by atoms with Crippen LogP contribution in [-0.4, -0.2) is 46.0 Å². The highest BCUT2D eigenvalue weighted by Gasteiger charge is 2.36. The van der Waals surface area contributed by atoms with Gasteiger partial charge in [0.15, 0.2) is 0 Å². The van der Waals surface area contributed by atoms with Crippen LogP contribution in [0.15, 0.2) is 0 Å². The van der Waals surface area contributed by atoms with Crippen molar-refractivity contribution >= 4 is 17.5 Å². The van der Waals surface area contributed by atoms with Crippen LogP contribution in [0.25, 0.3) is 0 Å². The molecule has 8 nitrogen and oxygen atoms in total. The molecule has 21 heavy (non-hydrogen) atoms. The van der Waals surface area contributed by atoms with Gasteiger partial charge in [-0.3, -0.25) is 10.1 Å². The number of nitrogens with zero attached hydrogens (tertiary/aromatic N) is 4. The minimum atomic E-state index is -0.464. The Kier molecular flexibility index (Phi) is 4.26. The maximum Gasteiger partial charge on any atom is 0.332 e. The van der Waals surface area contributed by atoms with E-state index >= 15 is 0 Å². The Morgan fingerprint density at radius 1 is 1.38 bits per heavy atom. The molecule has 1 aromatic heterocycles. The van der Waals surface area contributed by atoms with Gasteiger partial charge in [0.05, 0.1) is 4.92 Å². The van der Waals surface area contributed by atoms with E-state index in [9.17, 15) is 10.1 Å². The molecule has 0 amide bonds. The number of likely N-dealkylation sites (N-methyl/N-ethyl adjacent to an activating group) is 1. The van der Waals surface area contributed by atoms with Crippen LogP contribution >= 0.6 is 0 Å². The molecule has 1 aliphatic carbocycles. The van der Waals surface area contributed by atoms with Crippen molar-refractivity contribution in [3.05, 3.63) is 15.8 Å². The van der Waals surface area contributed by atoms with Crippen LogP contribution < -0.4 is 11.1 Å². The number of hydrogen-bond donors (Lipinski definition) is 2. The molecule has 3 N–H and O–H groups in total. The second kappa shape index (κ2) is 5.80. The third kappa shape index (κ3) is 3.05. The van der Waals surface area contributed by atoms with E-state index in [0.29, 0.717) is 6.54 Å². The average molecular weight is 294 g/mol. The number of anilines is 2. The Labute approximate surface area is 123 Å². The molecule has 0 aromatic carbocycles. The van der Waals surface area contributed by atoms with Crippen molar-refractivity contribution in [1.29, 1.82) is 0 Å². The second-order valence-corrected chi connectivity index (χ2v) is 5.80. The first-order valence-electron chi connectivity index (χ1n) is 7.05. The average Bonchev–Trinajstić information content (AvgIpc) is 2.85. The van der Waals surface area contributed by atoms with Crippen LogP contribution in [0.2, 0.25) is 0 Å². The lowest BCUT2D eigenvalue weighted by molar-refractivity contribution is -0.385. The van der Waals surface area contributed by atoms with E-state index in [4.69, 9.17) is 5.73 Å². The van der Waals surface area contributed by atoms with Crippen molar-refractivity contribution in [1.82, 2.24) is 14.9 Å². The lowest BCUT2D eigenvalue weighted by atomic mass is 9.96. The highest BCUT2D eigenvalue weighted by atomic mass is 16.6. The SMILES string of the molecule is Cc1nc(N)nc(NCC2(N(C)C)CCCC2)c1[N+](=O)[O-]. The summed E-state index contributed by atoms with van der Waals surface area (Å²) in [6.07, 6.45) is 4.49. The van der Waals surface area contributed by atoms with Crippen LogP contribution in [0.4, 0.5) is 17.5 Å². The minimum absolute atomic E-state index is 0.0154. The maximum absolute atomic E-state index is 11.2. The molecular formula is C13H22N6O2. The van der Waals surface area contributed by atoms with Crippen LogP contribution in [0, 0.1) is 17.0 Å². The molecule has 0 radical (unpaired) electrons. The first-order chi connectivity index (χ1) is 9.85. The molecule has 1 aliphatic rings. The van der Waals surface area contributed by atoms with Gasteiger partial charge in [0.2, 0.25) is 11.8 Å². The van der Waals surface area contributed by atoms with E-state index in [2.05, 4.69) is 20.2 Å². The molecule has 0 aliphatic heterocycles. The third-order valence-electron chi connectivity index (χ3n) is 4.33. The Balaban J connectivity index is 2.25. The van der Waals surface area contributed by atoms with E-state index in [-0.39, 0.29) is 28.7 Å². The van der Waals surface area contributed by atoms with Crippen LogP contribution in [0.3, 0.4) is 0 Å². The zero-order valence-electron chi connectivity index (χ0n) is 12.7. The molecule has 2 rings (SSSR count). The zero-order chi connectivity index (χ0) is 15.6. The second-order valence-electron chi connectivity index (χ2n) is 5.80. The fourth-order valence-electron chi connectivity index (χ4n) is 2.99. The largest absolute Gasteiger partial charge is 0.368 e. The monoisotopic (exact) mass is 294 g/mol. The molecule has 0 saturated heterocycles. The number of aromatic nitrogens is 2. The molecule has 1 heterocycles. The highest BCUT2D eigenvalue weighted by Crippen LogP contribution is 2.35. The molecule has 0 bridgehead atoms. The number of nitro groups is 1. The van der Waals surface area contributed by atoms with Gasteiger partial charge in [-0.2, -0.15) is 4.98 Å². The molecule has 116 valence electrons. The van der Waals surface area contributed by atoms with Crippen molar-refractivity contribution in [2.75, 3.05) is 31.7 Å². The summed E-state index contributed by atoms with van der Waals surface area (Å²) in [5.41, 5.74) is 5.80. The number of hydrogen-bond acceptors (Lipinski definition) is 7. The Hall–Kier alpha value is -1.96. The Bertz CT molecular complexity index is 540. The topological polar surface area (TPSA) is 110 Å². The number of aryl methyl sites for hydroxylation is 1. The van der Waals surface area contributed by atoms with Crippen LogP contribution in [-0.2, 0) is 0 Å². The lowest BCUT2D eigenvalue weighted by Crippen LogP contribution is -2.47. The molecule has 8 heteroatoms. The van der Waals surface area contributed by atoms with Gasteiger partial charge in [-0.25, -0.2) is 4.98 Å². The van der Waals surface area contributed by atoms with E-state index in [0.717, 1.165) is 12.8 Å². The highest BCUT2D eigenvalue weighted by molar-refractivity contribution is 5.60. The molecule has 1 aromatic rings. The summed E-state index contributed by atoms with van der Waals surface area (Å²) in [6, 6.07) is 0. The summed E-state index contributed by atoms with van der Waals surface area (Å²) in [4.78, 5) is 20.8. The number of nitrogens with two attached hydrogens (primary N) is 1. The summed E-state index contributed by atoms with van der Waals surface area (Å²) in [6.45, 7) is 2.18. The third-order valence-corrected chi connectivity index (χ3v) is 4.33. The lowest BCUT2D eigenvalue weighted by Gasteiger charge is -2.36. The number of nitrogens with one attached hydrogen (secondary N) is 1. The molecular weight excluding hydrogens is 272 g/mol. The summed E-state index contributed by atoms with van der Waals surface area (Å²) < 4.78 is 0. The molecule has 0 atom stereocenters. The normalized spacial score (nSPS) is 17.1. The van der Waals surface area contributed by atoms with E-state index in [1.807, 2.05) is 14.1 Å². The summed E-state index contributed by atoms with van der Waals surface area (Å²) in [5.74, 6) is 0.254. The van der Waals surface area contributed by atoms with Crippen LogP contribution in [0.1, 0.15) is 31.4 Å². The van der Waals surface area contributed by atoms with E-state index in [1.165, 1.54) is 12.8 Å². The Morgan fingerprint density at radius 3 is 2.52 bits per heavy atom. The van der Waals surface area contributed by atoms with E-state index < -0.39 is 4.92 Å². The fourth-order valence-corrected chi connectivity index (χ4v) is 2.99. The number of nitrogen functional groups attached to an aromatic ring is 1. The zero-order valence-corrected chi connectivity index (χ0v) is 12.7. The summed E-state index contributed by atoms with van der Waals surface area (Å²) in [7, 11) is 4.09. The molecule has 1 saturated carbocycles. The fraction of sp³-hybridized carbons (Fsp3) is 0.692. The van der Waals surface area contributed by atoms with Crippen molar-refractivity contribution < 1.29 is 4.92 Å². The summed E-state index contributed by atoms with van der Waals surface area (Å²) >= 11 is 0. The molecule has 1 fully saturated rings. The van der Waals surface area contributed by atoms with Crippen molar-refractivity contribution in [3.8, 4) is 0 Å². The first-order valence-corrected chi connectivity index (χ1v) is 7.05. The summed E-state index contributed by atoms with van der Waals surface area (Å²) in [5, 5.41) is 14.3. The van der Waals surface area contributed by atoms with E-state index in [1.54, 1.807) is 6.92 Å². The predicted octanol–water partition coefficient (Wildman–Crippen LogP) is 1.56. The van der Waals surface area contributed by atoms with Crippen molar-refractivity contribution in [3.63, 3.8) is 0 Å². The smallest absolute Gasteiger partial charge is 0.332 e. The van der Waals surface area contributed by atoms with Gasteiger partial charge >= 0.3 is 5.69 Å². The van der Waals surface area contributed by atoms with Gasteiger partial charge in [0, 0.05) is 12.1 Å².